The molecule has 2 N–H and O–H groups in total. The summed E-state index contributed by atoms with van der Waals surface area (Å²) in [6.45, 7) is 0. The van der Waals surface area contributed by atoms with E-state index in [-0.39, 0.29) is 22.5 Å². The van der Waals surface area contributed by atoms with Crippen molar-refractivity contribution in [3.63, 3.8) is 0 Å². The number of hydrogen-bond acceptors (Lipinski definition) is 8. The number of nitrogens with zero attached hydrogens (tertiary/aromatic N) is 1. The number of nitrogens with one attached hydrogen (secondary N) is 2. The molecule has 10 heteroatoms. The lowest BCUT2D eigenvalue weighted by Gasteiger charge is -2.10. The molecule has 0 aliphatic carbocycles. The third-order valence-corrected chi connectivity index (χ3v) is 4.60. The van der Waals surface area contributed by atoms with Gasteiger partial charge in [-0.3, -0.25) is 9.89 Å². The molecule has 0 radical (unpaired) electrons. The van der Waals surface area contributed by atoms with Crippen molar-refractivity contribution < 1.29 is 33.3 Å². The van der Waals surface area contributed by atoms with Gasteiger partial charge in [-0.15, -0.1) is 0 Å². The summed E-state index contributed by atoms with van der Waals surface area (Å²) < 4.78 is 20.0. The molecule has 10 nitrogen and oxygen atoms in total. The molecule has 0 saturated heterocycles. The van der Waals surface area contributed by atoms with Crippen LogP contribution in [0.25, 0.3) is 11.3 Å². The van der Waals surface area contributed by atoms with Crippen molar-refractivity contribution in [2.45, 2.75) is 0 Å². The summed E-state index contributed by atoms with van der Waals surface area (Å²) in [5.74, 6) is -0.748. The Kier molecular flexibility index (Phi) is 6.74. The van der Waals surface area contributed by atoms with Crippen molar-refractivity contribution in [2.75, 3.05) is 33.8 Å². The fraction of sp³-hybridized carbons (Fsp3) is 0.182. The molecule has 3 aromatic rings. The van der Waals surface area contributed by atoms with Crippen molar-refractivity contribution >= 4 is 23.5 Å². The van der Waals surface area contributed by atoms with Gasteiger partial charge in [-0.25, -0.2) is 9.59 Å². The Bertz CT molecular complexity index is 1170. The molecule has 0 bridgehead atoms. The number of anilines is 1. The van der Waals surface area contributed by atoms with Crippen LogP contribution in [0.2, 0.25) is 0 Å². The summed E-state index contributed by atoms with van der Waals surface area (Å²) in [5.41, 5.74) is 1.55. The largest absolute Gasteiger partial charge is 0.497 e. The number of benzene rings is 2. The highest BCUT2D eigenvalue weighted by Gasteiger charge is 2.20. The molecule has 1 heterocycles. The molecule has 0 atom stereocenters. The Morgan fingerprint density at radius 2 is 1.62 bits per heavy atom. The normalized spacial score (nSPS) is 10.2. The van der Waals surface area contributed by atoms with E-state index in [0.717, 1.165) is 0 Å². The van der Waals surface area contributed by atoms with Gasteiger partial charge in [-0.05, 0) is 36.4 Å². The van der Waals surface area contributed by atoms with Gasteiger partial charge in [0.15, 0.2) is 0 Å². The predicted molar refractivity (Wildman–Crippen MR) is 114 cm³/mol. The molecule has 0 aliphatic heterocycles. The molecule has 0 saturated carbocycles. The first-order valence-electron chi connectivity index (χ1n) is 9.31. The Labute approximate surface area is 183 Å². The zero-order valence-electron chi connectivity index (χ0n) is 17.8. The van der Waals surface area contributed by atoms with Gasteiger partial charge < -0.3 is 24.3 Å². The maximum atomic E-state index is 12.8. The third kappa shape index (κ3) is 4.53. The molecule has 166 valence electrons. The Hall–Kier alpha value is -4.34. The summed E-state index contributed by atoms with van der Waals surface area (Å²) in [7, 11) is 5.50. The number of ether oxygens (including phenoxy) is 4. The highest BCUT2D eigenvalue weighted by atomic mass is 16.5. The van der Waals surface area contributed by atoms with Crippen LogP contribution in [0.3, 0.4) is 0 Å². The van der Waals surface area contributed by atoms with Gasteiger partial charge in [-0.1, -0.05) is 0 Å². The molecule has 32 heavy (non-hydrogen) atoms. The second-order valence-electron chi connectivity index (χ2n) is 6.43. The number of hydrogen-bond donors (Lipinski definition) is 2. The molecule has 0 unspecified atom stereocenters. The maximum absolute atomic E-state index is 12.8. The van der Waals surface area contributed by atoms with Gasteiger partial charge in [0.25, 0.3) is 5.91 Å². The van der Waals surface area contributed by atoms with E-state index in [1.807, 2.05) is 0 Å². The lowest BCUT2D eigenvalue weighted by molar-refractivity contribution is 0.0587. The molecular weight excluding hydrogens is 418 g/mol. The first-order chi connectivity index (χ1) is 15.4. The average molecular weight is 439 g/mol. The molecule has 3 rings (SSSR count). The quantitative estimate of drug-likeness (QED) is 0.538. The van der Waals surface area contributed by atoms with E-state index in [1.165, 1.54) is 45.6 Å². The zero-order valence-corrected chi connectivity index (χ0v) is 17.8. The predicted octanol–water partition coefficient (Wildman–Crippen LogP) is 2.92. The lowest BCUT2D eigenvalue weighted by Crippen LogP contribution is -2.17. The highest BCUT2D eigenvalue weighted by Crippen LogP contribution is 2.32. The van der Waals surface area contributed by atoms with Crippen LogP contribution in [0.1, 0.15) is 31.2 Å². The smallest absolute Gasteiger partial charge is 0.339 e. The fourth-order valence-electron chi connectivity index (χ4n) is 2.96. The van der Waals surface area contributed by atoms with Gasteiger partial charge in [0.2, 0.25) is 0 Å². The lowest BCUT2D eigenvalue weighted by atomic mass is 10.1. The number of amides is 1. The standard InChI is InChI=1S/C22H21N3O7/c1-29-13-6-8-14(19(10-13)30-2)17-11-18(25-24-17)20(26)23-16-9-12(21(27)31-3)5-7-15(16)22(28)32-4/h5-11H,1-4H3,(H,23,26)(H,24,25). The summed E-state index contributed by atoms with van der Waals surface area (Å²) in [4.78, 5) is 36.8. The van der Waals surface area contributed by atoms with Gasteiger partial charge in [0, 0.05) is 11.6 Å². The van der Waals surface area contributed by atoms with E-state index in [0.29, 0.717) is 22.8 Å². The molecule has 1 aromatic heterocycles. The summed E-state index contributed by atoms with van der Waals surface area (Å²) in [6.07, 6.45) is 0. The molecule has 0 fully saturated rings. The topological polar surface area (TPSA) is 129 Å². The number of methoxy groups -OCH3 is 4. The van der Waals surface area contributed by atoms with E-state index in [9.17, 15) is 14.4 Å². The summed E-state index contributed by atoms with van der Waals surface area (Å²) >= 11 is 0. The summed E-state index contributed by atoms with van der Waals surface area (Å²) in [5, 5.41) is 9.44. The van der Waals surface area contributed by atoms with Crippen molar-refractivity contribution in [2.24, 2.45) is 0 Å². The second kappa shape index (κ2) is 9.65. The van der Waals surface area contributed by atoms with Crippen molar-refractivity contribution in [1.29, 1.82) is 0 Å². The second-order valence-corrected chi connectivity index (χ2v) is 6.43. The first kappa shape index (κ1) is 22.3. The fourth-order valence-corrected chi connectivity index (χ4v) is 2.96. The van der Waals surface area contributed by atoms with Gasteiger partial charge in [-0.2, -0.15) is 5.10 Å². The van der Waals surface area contributed by atoms with E-state index >= 15 is 0 Å². The average Bonchev–Trinajstić information content (AvgIpc) is 3.32. The van der Waals surface area contributed by atoms with Crippen molar-refractivity contribution in [1.82, 2.24) is 10.2 Å². The SMILES string of the molecule is COC(=O)c1ccc(C(=O)OC)c(NC(=O)c2cc(-c3ccc(OC)cc3OC)n[nH]2)c1. The van der Waals surface area contributed by atoms with E-state index in [4.69, 9.17) is 18.9 Å². The molecule has 0 spiro atoms. The van der Waals surface area contributed by atoms with Crippen LogP contribution in [-0.4, -0.2) is 56.5 Å². The summed E-state index contributed by atoms with van der Waals surface area (Å²) in [6, 6.07) is 10.8. The number of rotatable bonds is 7. The van der Waals surface area contributed by atoms with Crippen LogP contribution < -0.4 is 14.8 Å². The van der Waals surface area contributed by atoms with E-state index in [2.05, 4.69) is 15.5 Å². The van der Waals surface area contributed by atoms with Crippen molar-refractivity contribution in [3.05, 3.63) is 59.3 Å². The number of aromatic amines is 1. The van der Waals surface area contributed by atoms with Crippen LogP contribution in [0, 0.1) is 0 Å². The number of H-pyrrole nitrogens is 1. The van der Waals surface area contributed by atoms with Crippen LogP contribution in [0.4, 0.5) is 5.69 Å². The Morgan fingerprint density at radius 1 is 0.875 bits per heavy atom. The van der Waals surface area contributed by atoms with Crippen LogP contribution in [0.15, 0.2) is 42.5 Å². The van der Waals surface area contributed by atoms with Gasteiger partial charge in [0.1, 0.15) is 17.2 Å². The maximum Gasteiger partial charge on any atom is 0.339 e. The minimum atomic E-state index is -0.676. The van der Waals surface area contributed by atoms with Gasteiger partial charge in [0.05, 0.1) is 50.9 Å². The van der Waals surface area contributed by atoms with Crippen LogP contribution in [0.5, 0.6) is 11.5 Å². The van der Waals surface area contributed by atoms with E-state index in [1.54, 1.807) is 25.3 Å². The third-order valence-electron chi connectivity index (χ3n) is 4.60. The number of esters is 2. The number of aromatic nitrogens is 2. The monoisotopic (exact) mass is 439 g/mol. The minimum absolute atomic E-state index is 0.0741. The molecule has 2 aromatic carbocycles. The van der Waals surface area contributed by atoms with Gasteiger partial charge >= 0.3 is 11.9 Å². The van der Waals surface area contributed by atoms with Crippen molar-refractivity contribution in [3.8, 4) is 22.8 Å². The Balaban J connectivity index is 1.91. The van der Waals surface area contributed by atoms with E-state index < -0.39 is 17.8 Å². The molecule has 0 aliphatic rings. The first-order valence-corrected chi connectivity index (χ1v) is 9.31. The van der Waals surface area contributed by atoms with Crippen LogP contribution >= 0.6 is 0 Å². The van der Waals surface area contributed by atoms with Crippen LogP contribution in [-0.2, 0) is 9.47 Å². The molecule has 1 amide bonds. The number of carbonyl (C=O) groups excluding carboxylic acids is 3. The molecular formula is C22H21N3O7. The number of carbonyl (C=O) groups is 3. The Morgan fingerprint density at radius 3 is 2.28 bits per heavy atom. The zero-order chi connectivity index (χ0) is 23.3. The minimum Gasteiger partial charge on any atom is -0.497 e. The highest BCUT2D eigenvalue weighted by molar-refractivity contribution is 6.08.